The quantitative estimate of drug-likeness (QED) is 0.377. The Morgan fingerprint density at radius 3 is 2.36 bits per heavy atom. The molecule has 0 aliphatic carbocycles. The molecule has 142 valence electrons. The molecule has 3 rings (SSSR count). The van der Waals surface area contributed by atoms with Crippen molar-refractivity contribution in [2.75, 3.05) is 6.61 Å². The van der Waals surface area contributed by atoms with E-state index in [2.05, 4.69) is 4.85 Å². The summed E-state index contributed by atoms with van der Waals surface area (Å²) in [5.74, 6) is -0.413. The normalized spacial score (nSPS) is 10.5. The van der Waals surface area contributed by atoms with Crippen molar-refractivity contribution in [1.82, 2.24) is 4.57 Å². The third kappa shape index (κ3) is 3.54. The Bertz CT molecular complexity index is 1060. The summed E-state index contributed by atoms with van der Waals surface area (Å²) in [5.41, 5.74) is 5.22. The van der Waals surface area contributed by atoms with E-state index in [-0.39, 0.29) is 6.61 Å². The standard InChI is InChI=1S/C23H21ClN2O2/c1-5-19-21(25-3)20(22(26(19)4)23(27)28-6-2)16-12-10-15(11-13-16)17-8-7-9-18(24)14-17/h7-14H,5-6H2,1-2,4H3. The van der Waals surface area contributed by atoms with Crippen LogP contribution < -0.4 is 0 Å². The van der Waals surface area contributed by atoms with Crippen molar-refractivity contribution in [3.8, 4) is 22.3 Å². The first-order valence-electron chi connectivity index (χ1n) is 9.14. The zero-order valence-corrected chi connectivity index (χ0v) is 16.9. The molecule has 28 heavy (non-hydrogen) atoms. The van der Waals surface area contributed by atoms with Gasteiger partial charge in [0, 0.05) is 23.3 Å². The van der Waals surface area contributed by atoms with Gasteiger partial charge in [-0.15, -0.1) is 0 Å². The molecule has 0 amide bonds. The highest BCUT2D eigenvalue weighted by molar-refractivity contribution is 6.30. The second-order valence-corrected chi connectivity index (χ2v) is 6.79. The molecule has 0 aliphatic rings. The molecular formula is C23H21ClN2O2. The van der Waals surface area contributed by atoms with E-state index < -0.39 is 5.97 Å². The highest BCUT2D eigenvalue weighted by Crippen LogP contribution is 2.40. The average molecular weight is 393 g/mol. The molecule has 0 bridgehead atoms. The van der Waals surface area contributed by atoms with E-state index in [0.717, 1.165) is 22.4 Å². The number of nitrogens with zero attached hydrogens (tertiary/aromatic N) is 2. The first-order chi connectivity index (χ1) is 13.5. The van der Waals surface area contributed by atoms with Crippen LogP contribution in [-0.4, -0.2) is 17.1 Å². The van der Waals surface area contributed by atoms with Crippen molar-refractivity contribution in [3.63, 3.8) is 0 Å². The molecule has 5 heteroatoms. The summed E-state index contributed by atoms with van der Waals surface area (Å²) in [6.07, 6.45) is 0.654. The van der Waals surface area contributed by atoms with Gasteiger partial charge in [0.2, 0.25) is 5.69 Å². The van der Waals surface area contributed by atoms with Gasteiger partial charge in [-0.1, -0.05) is 54.9 Å². The predicted molar refractivity (Wildman–Crippen MR) is 113 cm³/mol. The van der Waals surface area contributed by atoms with Crippen LogP contribution in [0.1, 0.15) is 30.0 Å². The number of benzene rings is 2. The number of hydrogen-bond donors (Lipinski definition) is 0. The maximum absolute atomic E-state index is 12.6. The molecule has 0 spiro atoms. The summed E-state index contributed by atoms with van der Waals surface area (Å²) in [5, 5.41) is 0.678. The van der Waals surface area contributed by atoms with E-state index in [4.69, 9.17) is 22.9 Å². The molecule has 4 nitrogen and oxygen atoms in total. The Morgan fingerprint density at radius 2 is 1.79 bits per heavy atom. The highest BCUT2D eigenvalue weighted by Gasteiger charge is 2.26. The zero-order chi connectivity index (χ0) is 20.3. The van der Waals surface area contributed by atoms with Crippen molar-refractivity contribution in [3.05, 3.63) is 76.4 Å². The molecule has 0 N–H and O–H groups in total. The summed E-state index contributed by atoms with van der Waals surface area (Å²) in [6, 6.07) is 15.5. The molecule has 2 aromatic carbocycles. The van der Waals surface area contributed by atoms with Crippen LogP contribution in [0.4, 0.5) is 5.69 Å². The molecule has 1 heterocycles. The highest BCUT2D eigenvalue weighted by atomic mass is 35.5. The van der Waals surface area contributed by atoms with E-state index in [0.29, 0.717) is 28.4 Å². The Kier molecular flexibility index (Phi) is 5.87. The van der Waals surface area contributed by atoms with Crippen molar-refractivity contribution in [1.29, 1.82) is 0 Å². The van der Waals surface area contributed by atoms with Gasteiger partial charge in [-0.3, -0.25) is 0 Å². The van der Waals surface area contributed by atoms with E-state index in [1.807, 2.05) is 62.5 Å². The number of aromatic nitrogens is 1. The van der Waals surface area contributed by atoms with Gasteiger partial charge in [0.1, 0.15) is 5.69 Å². The Hall–Kier alpha value is -3.03. The van der Waals surface area contributed by atoms with Crippen molar-refractivity contribution >= 4 is 23.3 Å². The van der Waals surface area contributed by atoms with Crippen LogP contribution in [0, 0.1) is 6.57 Å². The number of carbonyl (C=O) groups excluding carboxylic acids is 1. The molecule has 0 atom stereocenters. The Morgan fingerprint density at radius 1 is 1.11 bits per heavy atom. The number of halogens is 1. The van der Waals surface area contributed by atoms with Crippen LogP contribution >= 0.6 is 11.6 Å². The lowest BCUT2D eigenvalue weighted by molar-refractivity contribution is 0.0516. The van der Waals surface area contributed by atoms with Crippen LogP contribution in [0.15, 0.2) is 48.5 Å². The van der Waals surface area contributed by atoms with E-state index >= 15 is 0 Å². The van der Waals surface area contributed by atoms with Gasteiger partial charge in [0.25, 0.3) is 0 Å². The van der Waals surface area contributed by atoms with E-state index in [1.54, 1.807) is 11.5 Å². The lowest BCUT2D eigenvalue weighted by atomic mass is 9.99. The Balaban J connectivity index is 2.15. The zero-order valence-electron chi connectivity index (χ0n) is 16.1. The molecule has 1 aromatic heterocycles. The number of esters is 1. The molecule has 0 unspecified atom stereocenters. The minimum atomic E-state index is -0.413. The molecule has 3 aromatic rings. The summed E-state index contributed by atoms with van der Waals surface area (Å²) in [7, 11) is 1.81. The van der Waals surface area contributed by atoms with Gasteiger partial charge in [-0.05, 0) is 42.2 Å². The van der Waals surface area contributed by atoms with Crippen molar-refractivity contribution < 1.29 is 9.53 Å². The summed E-state index contributed by atoms with van der Waals surface area (Å²) in [4.78, 5) is 16.4. The topological polar surface area (TPSA) is 35.6 Å². The number of rotatable bonds is 5. The first-order valence-corrected chi connectivity index (χ1v) is 9.52. The van der Waals surface area contributed by atoms with Crippen molar-refractivity contribution in [2.24, 2.45) is 7.05 Å². The molecule has 0 fully saturated rings. The number of ether oxygens (including phenoxy) is 1. The van der Waals surface area contributed by atoms with Crippen molar-refractivity contribution in [2.45, 2.75) is 20.3 Å². The van der Waals surface area contributed by atoms with Crippen LogP contribution in [0.2, 0.25) is 5.02 Å². The number of carbonyl (C=O) groups is 1. The smallest absolute Gasteiger partial charge is 0.354 e. The molecular weight excluding hydrogens is 372 g/mol. The van der Waals surface area contributed by atoms with E-state index in [9.17, 15) is 4.79 Å². The van der Waals surface area contributed by atoms with Crippen LogP contribution in [0.25, 0.3) is 27.1 Å². The lowest BCUT2D eigenvalue weighted by Gasteiger charge is -2.09. The van der Waals surface area contributed by atoms with Gasteiger partial charge in [0.05, 0.1) is 13.2 Å². The second-order valence-electron chi connectivity index (χ2n) is 6.35. The fourth-order valence-electron chi connectivity index (χ4n) is 3.45. The second kappa shape index (κ2) is 8.33. The molecule has 0 saturated heterocycles. The minimum absolute atomic E-state index is 0.284. The SMILES string of the molecule is [C-]#[N+]c1c(-c2ccc(-c3cccc(Cl)c3)cc2)c(C(=O)OCC)n(C)c1CC. The van der Waals surface area contributed by atoms with Crippen LogP contribution in [0.3, 0.4) is 0 Å². The summed E-state index contributed by atoms with van der Waals surface area (Å²) >= 11 is 6.10. The minimum Gasteiger partial charge on any atom is -0.461 e. The van der Waals surface area contributed by atoms with Gasteiger partial charge >= 0.3 is 5.97 Å². The fourth-order valence-corrected chi connectivity index (χ4v) is 3.64. The van der Waals surface area contributed by atoms with Gasteiger partial charge in [0.15, 0.2) is 0 Å². The van der Waals surface area contributed by atoms with Crippen LogP contribution in [-0.2, 0) is 18.2 Å². The largest absolute Gasteiger partial charge is 0.461 e. The molecule has 0 aliphatic heterocycles. The first kappa shape index (κ1) is 19.7. The predicted octanol–water partition coefficient (Wildman–Crippen LogP) is 6.30. The van der Waals surface area contributed by atoms with Gasteiger partial charge < -0.3 is 9.30 Å². The number of hydrogen-bond acceptors (Lipinski definition) is 2. The maximum Gasteiger partial charge on any atom is 0.354 e. The average Bonchev–Trinajstić information content (AvgIpc) is 2.99. The van der Waals surface area contributed by atoms with Crippen LogP contribution in [0.5, 0.6) is 0 Å². The van der Waals surface area contributed by atoms with Gasteiger partial charge in [-0.2, -0.15) is 0 Å². The summed E-state index contributed by atoms with van der Waals surface area (Å²) < 4.78 is 7.04. The third-order valence-electron chi connectivity index (χ3n) is 4.73. The van der Waals surface area contributed by atoms with E-state index in [1.165, 1.54) is 0 Å². The maximum atomic E-state index is 12.6. The third-order valence-corrected chi connectivity index (χ3v) is 4.97. The lowest BCUT2D eigenvalue weighted by Crippen LogP contribution is -2.12. The fraction of sp³-hybridized carbons (Fsp3) is 0.217. The summed E-state index contributed by atoms with van der Waals surface area (Å²) in [6.45, 7) is 11.7. The monoisotopic (exact) mass is 392 g/mol. The molecule has 0 radical (unpaired) electrons. The van der Waals surface area contributed by atoms with Gasteiger partial charge in [-0.25, -0.2) is 9.64 Å². The Labute approximate surface area is 170 Å². The molecule has 0 saturated carbocycles.